The van der Waals surface area contributed by atoms with Gasteiger partial charge in [-0.05, 0) is 36.8 Å². The van der Waals surface area contributed by atoms with Gasteiger partial charge >= 0.3 is 6.61 Å². The van der Waals surface area contributed by atoms with E-state index in [1.54, 1.807) is 24.4 Å². The van der Waals surface area contributed by atoms with Gasteiger partial charge in [0.1, 0.15) is 5.75 Å². The molecule has 4 nitrogen and oxygen atoms in total. The van der Waals surface area contributed by atoms with Gasteiger partial charge in [0.15, 0.2) is 0 Å². The van der Waals surface area contributed by atoms with Gasteiger partial charge in [-0.1, -0.05) is 22.0 Å². The SMILES string of the molecule is O=C(CCc1ccccn1)NCc1cc(Br)ccc1OC(F)F. The number of carbonyl (C=O) groups is 1. The highest BCUT2D eigenvalue weighted by molar-refractivity contribution is 9.10. The van der Waals surface area contributed by atoms with E-state index in [0.717, 1.165) is 10.2 Å². The van der Waals surface area contributed by atoms with Crippen molar-refractivity contribution in [3.05, 3.63) is 58.3 Å². The van der Waals surface area contributed by atoms with E-state index in [-0.39, 0.29) is 24.6 Å². The molecule has 0 aliphatic heterocycles. The summed E-state index contributed by atoms with van der Waals surface area (Å²) in [5.74, 6) is -0.133. The minimum absolute atomic E-state index is 0.0493. The first-order valence-electron chi connectivity index (χ1n) is 6.94. The number of pyridine rings is 1. The highest BCUT2D eigenvalue weighted by atomic mass is 79.9. The van der Waals surface area contributed by atoms with Crippen molar-refractivity contribution in [1.29, 1.82) is 0 Å². The van der Waals surface area contributed by atoms with E-state index in [9.17, 15) is 13.6 Å². The molecule has 0 saturated heterocycles. The molecule has 0 aliphatic carbocycles. The maximum absolute atomic E-state index is 12.4. The molecule has 122 valence electrons. The van der Waals surface area contributed by atoms with Gasteiger partial charge in [-0.3, -0.25) is 9.78 Å². The molecule has 0 fully saturated rings. The molecule has 0 aliphatic rings. The van der Waals surface area contributed by atoms with Gasteiger partial charge in [-0.25, -0.2) is 0 Å². The number of nitrogens with one attached hydrogen (secondary N) is 1. The number of carbonyl (C=O) groups excluding carboxylic acids is 1. The normalized spacial score (nSPS) is 10.6. The van der Waals surface area contributed by atoms with E-state index in [0.29, 0.717) is 12.0 Å². The standard InChI is InChI=1S/C16H15BrF2N2O2/c17-12-4-6-14(23-16(18)19)11(9-12)10-21-15(22)7-5-13-3-1-2-8-20-13/h1-4,6,8-9,16H,5,7,10H2,(H,21,22). The summed E-state index contributed by atoms with van der Waals surface area (Å²) in [6, 6.07) is 10.2. The van der Waals surface area contributed by atoms with Crippen molar-refractivity contribution in [2.75, 3.05) is 0 Å². The Kier molecular flexibility index (Phi) is 6.46. The quantitative estimate of drug-likeness (QED) is 0.791. The molecule has 23 heavy (non-hydrogen) atoms. The van der Waals surface area contributed by atoms with Gasteiger partial charge in [0.2, 0.25) is 5.91 Å². The lowest BCUT2D eigenvalue weighted by atomic mass is 10.2. The van der Waals surface area contributed by atoms with Gasteiger partial charge in [-0.2, -0.15) is 8.78 Å². The lowest BCUT2D eigenvalue weighted by Crippen LogP contribution is -2.23. The molecule has 1 aromatic carbocycles. The van der Waals surface area contributed by atoms with Crippen LogP contribution in [0.4, 0.5) is 8.78 Å². The predicted molar refractivity (Wildman–Crippen MR) is 85.2 cm³/mol. The zero-order valence-electron chi connectivity index (χ0n) is 12.1. The smallest absolute Gasteiger partial charge is 0.387 e. The third kappa shape index (κ3) is 5.94. The number of rotatable bonds is 7. The first-order chi connectivity index (χ1) is 11.0. The van der Waals surface area contributed by atoms with E-state index < -0.39 is 6.61 Å². The number of hydrogen-bond donors (Lipinski definition) is 1. The predicted octanol–water partition coefficient (Wildman–Crippen LogP) is 3.69. The third-order valence-corrected chi connectivity index (χ3v) is 3.54. The first kappa shape index (κ1) is 17.3. The minimum atomic E-state index is -2.91. The van der Waals surface area contributed by atoms with Crippen LogP contribution in [0, 0.1) is 0 Å². The lowest BCUT2D eigenvalue weighted by Gasteiger charge is -2.12. The number of aromatic nitrogens is 1. The van der Waals surface area contributed by atoms with Gasteiger partial charge in [-0.15, -0.1) is 0 Å². The van der Waals surface area contributed by atoms with Crippen LogP contribution >= 0.6 is 15.9 Å². The number of benzene rings is 1. The molecule has 2 rings (SSSR count). The van der Waals surface area contributed by atoms with Crippen molar-refractivity contribution in [3.8, 4) is 5.75 Å². The Morgan fingerprint density at radius 2 is 2.13 bits per heavy atom. The average Bonchev–Trinajstić information content (AvgIpc) is 2.53. The number of ether oxygens (including phenoxy) is 1. The number of aryl methyl sites for hydroxylation is 1. The topological polar surface area (TPSA) is 51.2 Å². The number of alkyl halides is 2. The van der Waals surface area contributed by atoms with E-state index in [4.69, 9.17) is 0 Å². The highest BCUT2D eigenvalue weighted by Gasteiger charge is 2.11. The summed E-state index contributed by atoms with van der Waals surface area (Å²) in [6.45, 7) is -2.79. The third-order valence-electron chi connectivity index (χ3n) is 3.05. The molecule has 0 atom stereocenters. The summed E-state index contributed by atoms with van der Waals surface area (Å²) < 4.78 is 29.9. The van der Waals surface area contributed by atoms with E-state index in [1.165, 1.54) is 6.07 Å². The van der Waals surface area contributed by atoms with Crippen molar-refractivity contribution in [1.82, 2.24) is 10.3 Å². The molecular weight excluding hydrogens is 370 g/mol. The fraction of sp³-hybridized carbons (Fsp3) is 0.250. The molecule has 1 N–H and O–H groups in total. The molecule has 7 heteroatoms. The molecule has 0 unspecified atom stereocenters. The lowest BCUT2D eigenvalue weighted by molar-refractivity contribution is -0.121. The summed E-state index contributed by atoms with van der Waals surface area (Å²) in [5.41, 5.74) is 1.30. The Bertz CT molecular complexity index is 654. The van der Waals surface area contributed by atoms with Crippen molar-refractivity contribution in [3.63, 3.8) is 0 Å². The molecule has 0 saturated carbocycles. The summed E-state index contributed by atoms with van der Waals surface area (Å²) in [4.78, 5) is 16.0. The number of hydrogen-bond acceptors (Lipinski definition) is 3. The summed E-state index contributed by atoms with van der Waals surface area (Å²) in [6.07, 6.45) is 2.46. The summed E-state index contributed by atoms with van der Waals surface area (Å²) >= 11 is 3.27. The molecular formula is C16H15BrF2N2O2. The fourth-order valence-corrected chi connectivity index (χ4v) is 2.38. The van der Waals surface area contributed by atoms with Crippen LogP contribution in [-0.4, -0.2) is 17.5 Å². The largest absolute Gasteiger partial charge is 0.434 e. The van der Waals surface area contributed by atoms with Crippen LogP contribution in [0.3, 0.4) is 0 Å². The van der Waals surface area contributed by atoms with Crippen LogP contribution < -0.4 is 10.1 Å². The Labute approximate surface area is 141 Å². The molecule has 1 amide bonds. The van der Waals surface area contributed by atoms with Crippen LogP contribution in [0.2, 0.25) is 0 Å². The first-order valence-corrected chi connectivity index (χ1v) is 7.74. The van der Waals surface area contributed by atoms with Crippen molar-refractivity contribution >= 4 is 21.8 Å². The maximum Gasteiger partial charge on any atom is 0.387 e. The van der Waals surface area contributed by atoms with Gasteiger partial charge < -0.3 is 10.1 Å². The van der Waals surface area contributed by atoms with Gasteiger partial charge in [0, 0.05) is 34.9 Å². The molecule has 1 heterocycles. The van der Waals surface area contributed by atoms with Crippen LogP contribution in [0.15, 0.2) is 47.1 Å². The molecule has 0 bridgehead atoms. The second kappa shape index (κ2) is 8.57. The van der Waals surface area contributed by atoms with E-state index >= 15 is 0 Å². The second-order valence-electron chi connectivity index (χ2n) is 4.73. The minimum Gasteiger partial charge on any atom is -0.434 e. The van der Waals surface area contributed by atoms with Crippen molar-refractivity contribution in [2.24, 2.45) is 0 Å². The monoisotopic (exact) mass is 384 g/mol. The Hall–Kier alpha value is -2.02. The molecule has 1 aromatic heterocycles. The summed E-state index contributed by atoms with van der Waals surface area (Å²) in [5, 5.41) is 2.70. The number of amides is 1. The Morgan fingerprint density at radius 1 is 1.30 bits per heavy atom. The zero-order valence-corrected chi connectivity index (χ0v) is 13.7. The van der Waals surface area contributed by atoms with Crippen molar-refractivity contribution in [2.45, 2.75) is 26.0 Å². The van der Waals surface area contributed by atoms with Gasteiger partial charge in [0.25, 0.3) is 0 Å². The van der Waals surface area contributed by atoms with Crippen LogP contribution in [0.25, 0.3) is 0 Å². The van der Waals surface area contributed by atoms with Crippen molar-refractivity contribution < 1.29 is 18.3 Å². The highest BCUT2D eigenvalue weighted by Crippen LogP contribution is 2.24. The van der Waals surface area contributed by atoms with Crippen LogP contribution in [0.1, 0.15) is 17.7 Å². The zero-order chi connectivity index (χ0) is 16.7. The number of halogens is 3. The van der Waals surface area contributed by atoms with Crippen LogP contribution in [-0.2, 0) is 17.8 Å². The van der Waals surface area contributed by atoms with Gasteiger partial charge in [0.05, 0.1) is 0 Å². The average molecular weight is 385 g/mol. The second-order valence-corrected chi connectivity index (χ2v) is 5.64. The fourth-order valence-electron chi connectivity index (χ4n) is 1.97. The molecule has 0 spiro atoms. The maximum atomic E-state index is 12.4. The Morgan fingerprint density at radius 3 is 2.83 bits per heavy atom. The summed E-state index contributed by atoms with van der Waals surface area (Å²) in [7, 11) is 0. The Balaban J connectivity index is 1.89. The molecule has 2 aromatic rings. The van der Waals surface area contributed by atoms with E-state index in [2.05, 4.69) is 31.0 Å². The number of nitrogens with zero attached hydrogens (tertiary/aromatic N) is 1. The molecule has 0 radical (unpaired) electrons. The van der Waals surface area contributed by atoms with E-state index in [1.807, 2.05) is 12.1 Å². The van der Waals surface area contributed by atoms with Crippen LogP contribution in [0.5, 0.6) is 5.75 Å².